The maximum atomic E-state index is 13.7. The molecule has 3 rings (SSSR count). The molecule has 3 nitrogen and oxygen atoms in total. The SMILES string of the molecule is Fc1cccc2cnn(-c3cccnc3)c12. The minimum absolute atomic E-state index is 0.279. The summed E-state index contributed by atoms with van der Waals surface area (Å²) in [4.78, 5) is 3.99. The maximum absolute atomic E-state index is 13.7. The zero-order valence-corrected chi connectivity index (χ0v) is 8.34. The standard InChI is InChI=1S/C12H8FN3/c13-11-5-1-3-9-7-15-16(12(9)11)10-4-2-6-14-8-10/h1-8H. The van der Waals surface area contributed by atoms with Gasteiger partial charge >= 0.3 is 0 Å². The average molecular weight is 213 g/mol. The van der Waals surface area contributed by atoms with Crippen LogP contribution in [0.4, 0.5) is 4.39 Å². The van der Waals surface area contributed by atoms with E-state index in [1.165, 1.54) is 6.07 Å². The molecule has 0 spiro atoms. The van der Waals surface area contributed by atoms with Crippen molar-refractivity contribution in [3.8, 4) is 5.69 Å². The highest BCUT2D eigenvalue weighted by Crippen LogP contribution is 2.20. The number of hydrogen-bond donors (Lipinski definition) is 0. The summed E-state index contributed by atoms with van der Waals surface area (Å²) >= 11 is 0. The van der Waals surface area contributed by atoms with Gasteiger partial charge in [0.2, 0.25) is 0 Å². The van der Waals surface area contributed by atoms with E-state index in [2.05, 4.69) is 10.1 Å². The number of benzene rings is 1. The Balaban J connectivity index is 2.33. The summed E-state index contributed by atoms with van der Waals surface area (Å²) in [6, 6.07) is 8.57. The van der Waals surface area contributed by atoms with Crippen LogP contribution in [0.3, 0.4) is 0 Å². The van der Waals surface area contributed by atoms with Gasteiger partial charge in [0.15, 0.2) is 0 Å². The molecule has 0 radical (unpaired) electrons. The van der Waals surface area contributed by atoms with E-state index in [4.69, 9.17) is 0 Å². The van der Waals surface area contributed by atoms with Gasteiger partial charge in [-0.05, 0) is 18.2 Å². The Hall–Kier alpha value is -2.23. The number of aromatic nitrogens is 3. The Labute approximate surface area is 91.2 Å². The molecule has 0 aliphatic carbocycles. The Kier molecular flexibility index (Phi) is 1.93. The van der Waals surface area contributed by atoms with Crippen LogP contribution in [0.25, 0.3) is 16.6 Å². The highest BCUT2D eigenvalue weighted by Gasteiger charge is 2.08. The molecule has 16 heavy (non-hydrogen) atoms. The molecule has 0 atom stereocenters. The summed E-state index contributed by atoms with van der Waals surface area (Å²) in [5, 5.41) is 4.94. The van der Waals surface area contributed by atoms with Crippen LogP contribution in [0.5, 0.6) is 0 Å². The highest BCUT2D eigenvalue weighted by atomic mass is 19.1. The van der Waals surface area contributed by atoms with Gasteiger partial charge in [0.1, 0.15) is 11.3 Å². The molecule has 0 saturated heterocycles. The van der Waals surface area contributed by atoms with Crippen molar-refractivity contribution < 1.29 is 4.39 Å². The number of pyridine rings is 1. The lowest BCUT2D eigenvalue weighted by Crippen LogP contribution is -1.97. The summed E-state index contributed by atoms with van der Waals surface area (Å²) in [7, 11) is 0. The lowest BCUT2D eigenvalue weighted by molar-refractivity contribution is 0.631. The van der Waals surface area contributed by atoms with Crippen LogP contribution in [0.1, 0.15) is 0 Å². The van der Waals surface area contributed by atoms with Crippen LogP contribution >= 0.6 is 0 Å². The first-order valence-corrected chi connectivity index (χ1v) is 4.89. The quantitative estimate of drug-likeness (QED) is 0.622. The summed E-state index contributed by atoms with van der Waals surface area (Å²) in [6.07, 6.45) is 4.97. The zero-order valence-electron chi connectivity index (χ0n) is 8.34. The lowest BCUT2D eigenvalue weighted by Gasteiger charge is -2.02. The van der Waals surface area contributed by atoms with E-state index in [9.17, 15) is 4.39 Å². The van der Waals surface area contributed by atoms with Crippen molar-refractivity contribution in [1.29, 1.82) is 0 Å². The van der Waals surface area contributed by atoms with Gasteiger partial charge in [-0.1, -0.05) is 12.1 Å². The molecule has 0 aliphatic rings. The summed E-state index contributed by atoms with van der Waals surface area (Å²) in [5.41, 5.74) is 1.23. The summed E-state index contributed by atoms with van der Waals surface area (Å²) in [6.45, 7) is 0. The van der Waals surface area contributed by atoms with Crippen molar-refractivity contribution in [3.05, 3.63) is 54.7 Å². The van der Waals surface area contributed by atoms with Gasteiger partial charge in [-0.2, -0.15) is 5.10 Å². The average Bonchev–Trinajstić information content (AvgIpc) is 2.75. The van der Waals surface area contributed by atoms with Crippen LogP contribution in [0.2, 0.25) is 0 Å². The molecule has 0 fully saturated rings. The van der Waals surface area contributed by atoms with Crippen LogP contribution in [-0.4, -0.2) is 14.8 Å². The molecule has 2 heterocycles. The van der Waals surface area contributed by atoms with E-state index in [1.54, 1.807) is 35.4 Å². The molecule has 0 aliphatic heterocycles. The molecule has 2 aromatic heterocycles. The van der Waals surface area contributed by atoms with Gasteiger partial charge in [0.05, 0.1) is 18.1 Å². The van der Waals surface area contributed by atoms with Gasteiger partial charge in [0.25, 0.3) is 0 Å². The molecule has 4 heteroatoms. The van der Waals surface area contributed by atoms with E-state index in [0.29, 0.717) is 5.52 Å². The number of para-hydroxylation sites is 1. The Bertz CT molecular complexity index is 631. The van der Waals surface area contributed by atoms with Gasteiger partial charge in [-0.25, -0.2) is 9.07 Å². The second kappa shape index (κ2) is 3.41. The minimum atomic E-state index is -0.279. The highest BCUT2D eigenvalue weighted by molar-refractivity contribution is 5.80. The molecule has 0 bridgehead atoms. The summed E-state index contributed by atoms with van der Waals surface area (Å²) in [5.74, 6) is -0.279. The van der Waals surface area contributed by atoms with Crippen LogP contribution < -0.4 is 0 Å². The monoisotopic (exact) mass is 213 g/mol. The van der Waals surface area contributed by atoms with E-state index < -0.39 is 0 Å². The zero-order chi connectivity index (χ0) is 11.0. The first-order valence-electron chi connectivity index (χ1n) is 4.89. The minimum Gasteiger partial charge on any atom is -0.262 e. The van der Waals surface area contributed by atoms with Crippen LogP contribution in [0.15, 0.2) is 48.9 Å². The number of fused-ring (bicyclic) bond motifs is 1. The Morgan fingerprint density at radius 1 is 1.06 bits per heavy atom. The number of rotatable bonds is 1. The van der Waals surface area contributed by atoms with Crippen molar-refractivity contribution in [2.24, 2.45) is 0 Å². The number of hydrogen-bond acceptors (Lipinski definition) is 2. The molecule has 3 aromatic rings. The molecular weight excluding hydrogens is 205 g/mol. The Morgan fingerprint density at radius 3 is 2.81 bits per heavy atom. The van der Waals surface area contributed by atoms with Crippen LogP contribution in [-0.2, 0) is 0 Å². The van der Waals surface area contributed by atoms with Gasteiger partial charge in [-0.3, -0.25) is 4.98 Å². The third kappa shape index (κ3) is 1.27. The first kappa shape index (κ1) is 9.03. The first-order chi connectivity index (χ1) is 7.86. The van der Waals surface area contributed by atoms with Crippen molar-refractivity contribution in [2.75, 3.05) is 0 Å². The molecule has 0 N–H and O–H groups in total. The third-order valence-corrected chi connectivity index (χ3v) is 2.43. The van der Waals surface area contributed by atoms with Crippen LogP contribution in [0, 0.1) is 5.82 Å². The second-order valence-corrected chi connectivity index (χ2v) is 3.45. The predicted molar refractivity (Wildman–Crippen MR) is 58.8 cm³/mol. The fourth-order valence-electron chi connectivity index (χ4n) is 1.71. The smallest absolute Gasteiger partial charge is 0.149 e. The van der Waals surface area contributed by atoms with Crippen molar-refractivity contribution in [2.45, 2.75) is 0 Å². The van der Waals surface area contributed by atoms with E-state index in [0.717, 1.165) is 11.1 Å². The largest absolute Gasteiger partial charge is 0.262 e. The fourth-order valence-corrected chi connectivity index (χ4v) is 1.71. The molecule has 1 aromatic carbocycles. The van der Waals surface area contributed by atoms with Gasteiger partial charge in [0, 0.05) is 11.6 Å². The lowest BCUT2D eigenvalue weighted by atomic mass is 10.2. The van der Waals surface area contributed by atoms with Crippen molar-refractivity contribution in [1.82, 2.24) is 14.8 Å². The van der Waals surface area contributed by atoms with Crippen molar-refractivity contribution >= 4 is 10.9 Å². The number of halogens is 1. The fraction of sp³-hybridized carbons (Fsp3) is 0. The number of nitrogens with zero attached hydrogens (tertiary/aromatic N) is 3. The normalized spacial score (nSPS) is 10.8. The van der Waals surface area contributed by atoms with Crippen molar-refractivity contribution in [3.63, 3.8) is 0 Å². The van der Waals surface area contributed by atoms with E-state index in [1.807, 2.05) is 12.1 Å². The third-order valence-electron chi connectivity index (χ3n) is 2.43. The predicted octanol–water partition coefficient (Wildman–Crippen LogP) is 2.56. The molecule has 0 unspecified atom stereocenters. The van der Waals surface area contributed by atoms with E-state index in [-0.39, 0.29) is 5.82 Å². The molecule has 0 amide bonds. The Morgan fingerprint density at radius 2 is 2.00 bits per heavy atom. The topological polar surface area (TPSA) is 30.7 Å². The second-order valence-electron chi connectivity index (χ2n) is 3.45. The maximum Gasteiger partial charge on any atom is 0.149 e. The molecule has 0 saturated carbocycles. The molecule has 78 valence electrons. The van der Waals surface area contributed by atoms with Gasteiger partial charge in [-0.15, -0.1) is 0 Å². The van der Waals surface area contributed by atoms with Gasteiger partial charge < -0.3 is 0 Å². The van der Waals surface area contributed by atoms with E-state index >= 15 is 0 Å². The molecular formula is C12H8FN3. The summed E-state index contributed by atoms with van der Waals surface area (Å²) < 4.78 is 15.2.